The minimum absolute atomic E-state index is 0.116. The molecule has 0 atom stereocenters. The molecule has 1 amide bonds. The first kappa shape index (κ1) is 16.7. The number of rotatable bonds is 3. The van der Waals surface area contributed by atoms with E-state index < -0.39 is 0 Å². The number of fused-ring (bicyclic) bond motifs is 1. The van der Waals surface area contributed by atoms with Crippen LogP contribution in [0.15, 0.2) is 29.3 Å². The molecule has 0 unspecified atom stereocenters. The van der Waals surface area contributed by atoms with Gasteiger partial charge in [0.25, 0.3) is 11.5 Å². The Morgan fingerprint density at radius 3 is 2.83 bits per heavy atom. The van der Waals surface area contributed by atoms with E-state index >= 15 is 0 Å². The predicted octanol–water partition coefficient (Wildman–Crippen LogP) is 4.00. The molecule has 0 bridgehead atoms. The Hall–Kier alpha value is -2.18. The fourth-order valence-corrected chi connectivity index (χ4v) is 3.72. The van der Waals surface area contributed by atoms with E-state index in [1.54, 1.807) is 19.1 Å². The third-order valence-electron chi connectivity index (χ3n) is 3.91. The molecule has 7 heteroatoms. The second-order valence-corrected chi connectivity index (χ2v) is 6.92. The quantitative estimate of drug-likeness (QED) is 0.766. The summed E-state index contributed by atoms with van der Waals surface area (Å²) in [4.78, 5) is 30.5. The number of hydrogen-bond donors (Lipinski definition) is 1. The van der Waals surface area contributed by atoms with Gasteiger partial charge in [-0.1, -0.05) is 17.7 Å². The molecule has 0 saturated carbocycles. The fraction of sp³-hybridized carbons (Fsp3) is 0.235. The molecule has 2 heterocycles. The molecule has 0 spiro atoms. The number of amides is 1. The van der Waals surface area contributed by atoms with Gasteiger partial charge in [0.2, 0.25) is 0 Å². The number of carbonyl (C=O) groups excluding carboxylic acids is 1. The molecule has 0 aliphatic rings. The molecule has 1 aromatic carbocycles. The zero-order chi connectivity index (χ0) is 17.4. The molecule has 0 saturated heterocycles. The average Bonchev–Trinajstić information content (AvgIpc) is 2.89. The zero-order valence-electron chi connectivity index (χ0n) is 13.5. The minimum atomic E-state index is -0.261. The lowest BCUT2D eigenvalue weighted by Crippen LogP contribution is -2.19. The molecule has 3 rings (SSSR count). The number of nitrogens with one attached hydrogen (secondary N) is 1. The van der Waals surface area contributed by atoms with Crippen molar-refractivity contribution in [3.63, 3.8) is 0 Å². The van der Waals surface area contributed by atoms with E-state index in [1.165, 1.54) is 22.2 Å². The Morgan fingerprint density at radius 2 is 2.12 bits per heavy atom. The smallest absolute Gasteiger partial charge is 0.266 e. The lowest BCUT2D eigenvalue weighted by molar-refractivity contribution is 0.103. The highest BCUT2D eigenvalue weighted by molar-refractivity contribution is 7.20. The van der Waals surface area contributed by atoms with Crippen LogP contribution in [-0.4, -0.2) is 15.5 Å². The van der Waals surface area contributed by atoms with Crippen LogP contribution in [0.2, 0.25) is 5.02 Å². The van der Waals surface area contributed by atoms with Crippen molar-refractivity contribution in [2.45, 2.75) is 27.3 Å². The van der Waals surface area contributed by atoms with Gasteiger partial charge in [0.05, 0.1) is 16.6 Å². The third kappa shape index (κ3) is 2.83. The lowest BCUT2D eigenvalue weighted by Gasteiger charge is -2.08. The number of aryl methyl sites for hydroxylation is 3. The molecule has 5 nitrogen and oxygen atoms in total. The third-order valence-corrected chi connectivity index (χ3v) is 5.35. The number of hydrogen-bond acceptors (Lipinski definition) is 4. The minimum Gasteiger partial charge on any atom is -0.321 e. The molecule has 124 valence electrons. The molecular weight excluding hydrogens is 346 g/mol. The number of benzene rings is 1. The molecule has 0 fully saturated rings. The monoisotopic (exact) mass is 361 g/mol. The highest BCUT2D eigenvalue weighted by atomic mass is 35.5. The summed E-state index contributed by atoms with van der Waals surface area (Å²) in [6.07, 6.45) is 1.52. The van der Waals surface area contributed by atoms with E-state index in [1.807, 2.05) is 19.9 Å². The first-order chi connectivity index (χ1) is 11.4. The highest BCUT2D eigenvalue weighted by Crippen LogP contribution is 2.28. The van der Waals surface area contributed by atoms with E-state index in [2.05, 4.69) is 10.3 Å². The molecule has 0 radical (unpaired) electrons. The van der Waals surface area contributed by atoms with Crippen molar-refractivity contribution in [1.29, 1.82) is 0 Å². The summed E-state index contributed by atoms with van der Waals surface area (Å²) in [5.74, 6) is -0.261. The number of nitrogens with zero attached hydrogens (tertiary/aromatic N) is 2. The van der Waals surface area contributed by atoms with E-state index in [-0.39, 0.29) is 11.5 Å². The van der Waals surface area contributed by atoms with E-state index in [0.29, 0.717) is 37.9 Å². The van der Waals surface area contributed by atoms with Crippen LogP contribution in [0.3, 0.4) is 0 Å². The lowest BCUT2D eigenvalue weighted by atomic mass is 10.2. The van der Waals surface area contributed by atoms with Gasteiger partial charge in [-0.3, -0.25) is 14.2 Å². The first-order valence-electron chi connectivity index (χ1n) is 7.48. The predicted molar refractivity (Wildman–Crippen MR) is 98.4 cm³/mol. The van der Waals surface area contributed by atoms with E-state index in [9.17, 15) is 9.59 Å². The molecule has 3 aromatic rings. The van der Waals surface area contributed by atoms with Crippen molar-refractivity contribution in [3.8, 4) is 0 Å². The number of carbonyl (C=O) groups is 1. The highest BCUT2D eigenvalue weighted by Gasteiger charge is 2.19. The van der Waals surface area contributed by atoms with Crippen LogP contribution in [0.25, 0.3) is 10.2 Å². The average molecular weight is 362 g/mol. The van der Waals surface area contributed by atoms with Gasteiger partial charge in [0.15, 0.2) is 0 Å². The van der Waals surface area contributed by atoms with Gasteiger partial charge in [0, 0.05) is 17.3 Å². The van der Waals surface area contributed by atoms with Crippen molar-refractivity contribution in [2.24, 2.45) is 0 Å². The normalized spacial score (nSPS) is 11.0. The molecule has 2 aromatic heterocycles. The SMILES string of the molecule is CCn1cnc2sc(C(=O)Nc3cc(Cl)ccc3C)c(C)c2c1=O. The van der Waals surface area contributed by atoms with E-state index in [0.717, 1.165) is 5.56 Å². The Morgan fingerprint density at radius 1 is 1.38 bits per heavy atom. The van der Waals surface area contributed by atoms with Crippen LogP contribution in [0.4, 0.5) is 5.69 Å². The van der Waals surface area contributed by atoms with Gasteiger partial charge >= 0.3 is 0 Å². The van der Waals surface area contributed by atoms with Crippen LogP contribution in [0.1, 0.15) is 27.7 Å². The van der Waals surface area contributed by atoms with Crippen molar-refractivity contribution in [1.82, 2.24) is 9.55 Å². The summed E-state index contributed by atoms with van der Waals surface area (Å²) in [6, 6.07) is 5.32. The van der Waals surface area contributed by atoms with Gasteiger partial charge in [-0.2, -0.15) is 0 Å². The maximum Gasteiger partial charge on any atom is 0.266 e. The van der Waals surface area contributed by atoms with Gasteiger partial charge in [-0.15, -0.1) is 11.3 Å². The number of anilines is 1. The van der Waals surface area contributed by atoms with Gasteiger partial charge in [-0.25, -0.2) is 4.98 Å². The number of thiophene rings is 1. The maximum atomic E-state index is 12.7. The van der Waals surface area contributed by atoms with Crippen molar-refractivity contribution in [3.05, 3.63) is 55.9 Å². The Kier molecular flexibility index (Phi) is 4.43. The van der Waals surface area contributed by atoms with Crippen LogP contribution in [0.5, 0.6) is 0 Å². The summed E-state index contributed by atoms with van der Waals surface area (Å²) < 4.78 is 1.53. The largest absolute Gasteiger partial charge is 0.321 e. The van der Waals surface area contributed by atoms with Crippen LogP contribution < -0.4 is 10.9 Å². The maximum absolute atomic E-state index is 12.7. The second-order valence-electron chi connectivity index (χ2n) is 5.49. The van der Waals surface area contributed by atoms with Crippen molar-refractivity contribution < 1.29 is 4.79 Å². The fourth-order valence-electron chi connectivity index (χ4n) is 2.51. The Balaban J connectivity index is 2.05. The topological polar surface area (TPSA) is 64.0 Å². The number of aromatic nitrogens is 2. The molecular formula is C17H16ClN3O2S. The number of halogens is 1. The van der Waals surface area contributed by atoms with Gasteiger partial charge < -0.3 is 5.32 Å². The van der Waals surface area contributed by atoms with Crippen molar-refractivity contribution in [2.75, 3.05) is 5.32 Å². The zero-order valence-corrected chi connectivity index (χ0v) is 15.1. The Bertz CT molecular complexity index is 1010. The molecule has 1 N–H and O–H groups in total. The standard InChI is InChI=1S/C17H16ClN3O2S/c1-4-21-8-19-16-13(17(21)23)10(3)14(24-16)15(22)20-12-7-11(18)6-5-9(12)2/h5-8H,4H2,1-3H3,(H,20,22). The van der Waals surface area contributed by atoms with Crippen molar-refractivity contribution >= 4 is 44.7 Å². The summed E-state index contributed by atoms with van der Waals surface area (Å²) in [5, 5.41) is 3.93. The van der Waals surface area contributed by atoms with Gasteiger partial charge in [0.1, 0.15) is 4.83 Å². The Labute approximate surface area is 147 Å². The van der Waals surface area contributed by atoms with E-state index in [4.69, 9.17) is 11.6 Å². The van der Waals surface area contributed by atoms with Crippen LogP contribution in [0, 0.1) is 13.8 Å². The van der Waals surface area contributed by atoms with Crippen LogP contribution in [-0.2, 0) is 6.54 Å². The second kappa shape index (κ2) is 6.37. The first-order valence-corrected chi connectivity index (χ1v) is 8.67. The summed E-state index contributed by atoms with van der Waals surface area (Å²) in [6.45, 7) is 6.10. The molecule has 24 heavy (non-hydrogen) atoms. The summed E-state index contributed by atoms with van der Waals surface area (Å²) in [5.41, 5.74) is 2.11. The summed E-state index contributed by atoms with van der Waals surface area (Å²) in [7, 11) is 0. The molecule has 0 aliphatic carbocycles. The molecule has 0 aliphatic heterocycles. The van der Waals surface area contributed by atoms with Crippen LogP contribution >= 0.6 is 22.9 Å². The van der Waals surface area contributed by atoms with Gasteiger partial charge in [-0.05, 0) is 44.0 Å². The summed E-state index contributed by atoms with van der Waals surface area (Å²) >= 11 is 7.22.